The van der Waals surface area contributed by atoms with Gasteiger partial charge in [0.15, 0.2) is 0 Å². The van der Waals surface area contributed by atoms with E-state index in [0.717, 1.165) is 11.1 Å². The maximum absolute atomic E-state index is 10.7. The number of fused-ring (bicyclic) bond motifs is 1. The lowest BCUT2D eigenvalue weighted by Crippen LogP contribution is -1.95. The Morgan fingerprint density at radius 2 is 2.36 bits per heavy atom. The molecule has 0 N–H and O–H groups in total. The van der Waals surface area contributed by atoms with Crippen LogP contribution in [0.2, 0.25) is 0 Å². The van der Waals surface area contributed by atoms with Crippen LogP contribution in [0.4, 0.5) is 5.69 Å². The summed E-state index contributed by atoms with van der Waals surface area (Å²) >= 11 is 0. The van der Waals surface area contributed by atoms with Gasteiger partial charge in [-0.1, -0.05) is 12.7 Å². The molecule has 1 aliphatic rings. The van der Waals surface area contributed by atoms with Gasteiger partial charge in [-0.2, -0.15) is 0 Å². The number of benzene rings is 1. The minimum absolute atomic E-state index is 0.101. The Balaban J connectivity index is 2.63. The minimum Gasteiger partial charge on any atom is -0.288 e. The number of nitrogens with zero attached hydrogens (tertiary/aromatic N) is 2. The molecule has 0 aromatic heterocycles. The molecular weight excluding hydrogens is 180 g/mol. The smallest absolute Gasteiger partial charge is 0.276 e. The second-order valence-corrected chi connectivity index (χ2v) is 3.04. The van der Waals surface area contributed by atoms with Crippen molar-refractivity contribution in [2.75, 3.05) is 0 Å². The highest BCUT2D eigenvalue weighted by Crippen LogP contribution is 2.26. The maximum atomic E-state index is 10.7. The van der Waals surface area contributed by atoms with Crippen LogP contribution in [0.1, 0.15) is 16.7 Å². The van der Waals surface area contributed by atoms with E-state index in [1.165, 1.54) is 6.08 Å². The average Bonchev–Trinajstić information content (AvgIpc) is 2.62. The van der Waals surface area contributed by atoms with E-state index in [2.05, 4.69) is 11.6 Å². The molecule has 1 aromatic carbocycles. The molecule has 14 heavy (non-hydrogen) atoms. The lowest BCUT2D eigenvalue weighted by atomic mass is 10.0. The standard InChI is InChI=1S/C10H8N2O2/c1-2-7-3-8-5-11-6-9(8)4-10(7)12(13)14/h2-5H,1,6H2. The molecule has 0 saturated heterocycles. The molecule has 0 unspecified atom stereocenters. The van der Waals surface area contributed by atoms with E-state index in [9.17, 15) is 10.1 Å². The third-order valence-corrected chi connectivity index (χ3v) is 2.20. The van der Waals surface area contributed by atoms with Crippen LogP contribution in [0.25, 0.3) is 6.08 Å². The fraction of sp³-hybridized carbons (Fsp3) is 0.100. The second-order valence-electron chi connectivity index (χ2n) is 3.04. The van der Waals surface area contributed by atoms with Crippen molar-refractivity contribution < 1.29 is 4.92 Å². The zero-order valence-electron chi connectivity index (χ0n) is 7.43. The van der Waals surface area contributed by atoms with Gasteiger partial charge in [-0.15, -0.1) is 0 Å². The van der Waals surface area contributed by atoms with Crippen molar-refractivity contribution in [2.45, 2.75) is 6.54 Å². The lowest BCUT2D eigenvalue weighted by molar-refractivity contribution is -0.385. The number of hydrogen-bond acceptors (Lipinski definition) is 3. The third-order valence-electron chi connectivity index (χ3n) is 2.20. The van der Waals surface area contributed by atoms with Gasteiger partial charge in [0.1, 0.15) is 0 Å². The van der Waals surface area contributed by atoms with Crippen LogP contribution < -0.4 is 0 Å². The van der Waals surface area contributed by atoms with E-state index in [0.29, 0.717) is 12.1 Å². The van der Waals surface area contributed by atoms with Crippen LogP contribution >= 0.6 is 0 Å². The summed E-state index contributed by atoms with van der Waals surface area (Å²) in [4.78, 5) is 14.3. The quantitative estimate of drug-likeness (QED) is 0.527. The van der Waals surface area contributed by atoms with Crippen molar-refractivity contribution in [3.05, 3.63) is 45.5 Å². The molecule has 4 heteroatoms. The van der Waals surface area contributed by atoms with E-state index in [4.69, 9.17) is 0 Å². The van der Waals surface area contributed by atoms with Gasteiger partial charge in [-0.25, -0.2) is 0 Å². The number of nitro benzene ring substituents is 1. The van der Waals surface area contributed by atoms with Gasteiger partial charge < -0.3 is 0 Å². The summed E-state index contributed by atoms with van der Waals surface area (Å²) in [6.45, 7) is 4.09. The third kappa shape index (κ3) is 1.21. The highest BCUT2D eigenvalue weighted by molar-refractivity contribution is 5.86. The van der Waals surface area contributed by atoms with E-state index in [1.54, 1.807) is 18.3 Å². The van der Waals surface area contributed by atoms with E-state index < -0.39 is 4.92 Å². The average molecular weight is 188 g/mol. The van der Waals surface area contributed by atoms with E-state index in [1.807, 2.05) is 0 Å². The second kappa shape index (κ2) is 3.06. The number of nitro groups is 1. The maximum Gasteiger partial charge on any atom is 0.276 e. The number of hydrogen-bond donors (Lipinski definition) is 0. The van der Waals surface area contributed by atoms with Gasteiger partial charge >= 0.3 is 0 Å². The largest absolute Gasteiger partial charge is 0.288 e. The van der Waals surface area contributed by atoms with Crippen LogP contribution in [0.3, 0.4) is 0 Å². The van der Waals surface area contributed by atoms with Crippen LogP contribution in [0.15, 0.2) is 23.7 Å². The summed E-state index contributed by atoms with van der Waals surface area (Å²) in [5.74, 6) is 0. The molecule has 4 nitrogen and oxygen atoms in total. The van der Waals surface area contributed by atoms with Gasteiger partial charge in [0, 0.05) is 12.3 Å². The van der Waals surface area contributed by atoms with Gasteiger partial charge in [-0.05, 0) is 17.2 Å². The summed E-state index contributed by atoms with van der Waals surface area (Å²) in [5, 5.41) is 10.7. The summed E-state index contributed by atoms with van der Waals surface area (Å²) in [5.41, 5.74) is 2.50. The molecule has 0 fully saturated rings. The first-order valence-electron chi connectivity index (χ1n) is 4.16. The Labute approximate surface area is 80.7 Å². The Bertz CT molecular complexity index is 450. The molecule has 0 aliphatic carbocycles. The molecular formula is C10H8N2O2. The van der Waals surface area contributed by atoms with Crippen molar-refractivity contribution in [1.29, 1.82) is 0 Å². The van der Waals surface area contributed by atoms with Gasteiger partial charge in [0.25, 0.3) is 5.69 Å². The predicted molar refractivity (Wildman–Crippen MR) is 54.5 cm³/mol. The lowest BCUT2D eigenvalue weighted by Gasteiger charge is -2.01. The normalized spacial score (nSPS) is 12.6. The number of rotatable bonds is 2. The first kappa shape index (κ1) is 8.62. The van der Waals surface area contributed by atoms with Crippen molar-refractivity contribution in [2.24, 2.45) is 4.99 Å². The molecule has 70 valence electrons. The van der Waals surface area contributed by atoms with Crippen LogP contribution in [-0.4, -0.2) is 11.1 Å². The van der Waals surface area contributed by atoms with Crippen LogP contribution in [-0.2, 0) is 6.54 Å². The molecule has 0 amide bonds. The van der Waals surface area contributed by atoms with Crippen molar-refractivity contribution in [3.8, 4) is 0 Å². The molecule has 0 spiro atoms. The summed E-state index contributed by atoms with van der Waals surface area (Å²) in [6, 6.07) is 3.32. The Hall–Kier alpha value is -1.97. The predicted octanol–water partition coefficient (Wildman–Crippen LogP) is 2.17. The molecule has 1 aliphatic heterocycles. The van der Waals surface area contributed by atoms with Crippen molar-refractivity contribution in [3.63, 3.8) is 0 Å². The zero-order valence-corrected chi connectivity index (χ0v) is 7.43. The molecule has 0 bridgehead atoms. The number of aliphatic imine (C=N–C) groups is 1. The molecule has 0 saturated carbocycles. The zero-order chi connectivity index (χ0) is 10.1. The molecule has 2 rings (SSSR count). The monoisotopic (exact) mass is 188 g/mol. The first-order valence-corrected chi connectivity index (χ1v) is 4.16. The van der Waals surface area contributed by atoms with Gasteiger partial charge in [0.2, 0.25) is 0 Å². The van der Waals surface area contributed by atoms with Gasteiger partial charge in [0.05, 0.1) is 17.0 Å². The Kier molecular flexibility index (Phi) is 1.89. The minimum atomic E-state index is -0.393. The Morgan fingerprint density at radius 1 is 1.57 bits per heavy atom. The fourth-order valence-electron chi connectivity index (χ4n) is 1.49. The first-order chi connectivity index (χ1) is 6.72. The van der Waals surface area contributed by atoms with E-state index in [-0.39, 0.29) is 5.69 Å². The van der Waals surface area contributed by atoms with Crippen LogP contribution in [0.5, 0.6) is 0 Å². The topological polar surface area (TPSA) is 55.5 Å². The van der Waals surface area contributed by atoms with Gasteiger partial charge in [-0.3, -0.25) is 15.1 Å². The van der Waals surface area contributed by atoms with Crippen molar-refractivity contribution in [1.82, 2.24) is 0 Å². The van der Waals surface area contributed by atoms with E-state index >= 15 is 0 Å². The summed E-state index contributed by atoms with van der Waals surface area (Å²) < 4.78 is 0. The summed E-state index contributed by atoms with van der Waals surface area (Å²) in [6.07, 6.45) is 3.22. The highest BCUT2D eigenvalue weighted by atomic mass is 16.6. The Morgan fingerprint density at radius 3 is 3.00 bits per heavy atom. The van der Waals surface area contributed by atoms with Crippen molar-refractivity contribution >= 4 is 18.0 Å². The molecule has 0 atom stereocenters. The molecule has 1 heterocycles. The molecule has 1 aromatic rings. The fourth-order valence-corrected chi connectivity index (χ4v) is 1.49. The van der Waals surface area contributed by atoms with Crippen LogP contribution in [0, 0.1) is 10.1 Å². The highest BCUT2D eigenvalue weighted by Gasteiger charge is 2.17. The SMILES string of the molecule is C=Cc1cc2c(cc1[N+](=O)[O-])CN=C2. The molecule has 0 radical (unpaired) electrons. The summed E-state index contributed by atoms with van der Waals surface area (Å²) in [7, 11) is 0.